The largest absolute Gasteiger partial charge is 0.364 e. The van der Waals surface area contributed by atoms with Gasteiger partial charge in [0.1, 0.15) is 12.0 Å². The van der Waals surface area contributed by atoms with E-state index in [2.05, 4.69) is 58.9 Å². The van der Waals surface area contributed by atoms with Gasteiger partial charge in [0.05, 0.1) is 6.54 Å². The standard InChI is InChI=1S/C16H22N4O/c1-12(14-7-5-4-6-8-14)13(2)19-16(17-3)18-11-15-9-10-21-20-15/h4-10,12-13H,11H2,1-3H3,(H2,17,18,19). The van der Waals surface area contributed by atoms with Crippen molar-refractivity contribution in [3.05, 3.63) is 53.9 Å². The summed E-state index contributed by atoms with van der Waals surface area (Å²) in [5.74, 6) is 1.14. The van der Waals surface area contributed by atoms with Crippen LogP contribution in [-0.2, 0) is 6.54 Å². The Morgan fingerprint density at radius 2 is 2.00 bits per heavy atom. The maximum absolute atomic E-state index is 4.81. The zero-order valence-electron chi connectivity index (χ0n) is 12.7. The van der Waals surface area contributed by atoms with Crippen molar-refractivity contribution in [3.8, 4) is 0 Å². The molecule has 1 aromatic carbocycles. The van der Waals surface area contributed by atoms with Crippen molar-refractivity contribution in [2.45, 2.75) is 32.4 Å². The number of hydrogen-bond donors (Lipinski definition) is 2. The Morgan fingerprint density at radius 3 is 2.62 bits per heavy atom. The van der Waals surface area contributed by atoms with Crippen molar-refractivity contribution >= 4 is 5.96 Å². The first-order chi connectivity index (χ1) is 10.2. The molecule has 2 aromatic rings. The van der Waals surface area contributed by atoms with E-state index >= 15 is 0 Å². The number of benzene rings is 1. The molecule has 2 rings (SSSR count). The lowest BCUT2D eigenvalue weighted by atomic mass is 9.94. The summed E-state index contributed by atoms with van der Waals surface area (Å²) < 4.78 is 4.81. The summed E-state index contributed by atoms with van der Waals surface area (Å²) in [5, 5.41) is 10.5. The molecule has 2 N–H and O–H groups in total. The third-order valence-electron chi connectivity index (χ3n) is 3.59. The van der Waals surface area contributed by atoms with Crippen LogP contribution in [0.5, 0.6) is 0 Å². The van der Waals surface area contributed by atoms with E-state index in [4.69, 9.17) is 4.52 Å². The number of guanidine groups is 1. The first kappa shape index (κ1) is 15.1. The molecule has 5 heteroatoms. The predicted molar refractivity (Wildman–Crippen MR) is 84.2 cm³/mol. The van der Waals surface area contributed by atoms with Crippen LogP contribution in [0.25, 0.3) is 0 Å². The number of rotatable bonds is 5. The first-order valence-electron chi connectivity index (χ1n) is 7.12. The summed E-state index contributed by atoms with van der Waals surface area (Å²) in [4.78, 5) is 4.24. The van der Waals surface area contributed by atoms with E-state index in [1.165, 1.54) is 5.56 Å². The minimum atomic E-state index is 0.260. The summed E-state index contributed by atoms with van der Waals surface area (Å²) in [5.41, 5.74) is 2.16. The van der Waals surface area contributed by atoms with Gasteiger partial charge in [-0.05, 0) is 12.5 Å². The van der Waals surface area contributed by atoms with E-state index in [1.807, 2.05) is 12.1 Å². The Kier molecular flexibility index (Phi) is 5.37. The Morgan fingerprint density at radius 1 is 1.24 bits per heavy atom. The quantitative estimate of drug-likeness (QED) is 0.655. The monoisotopic (exact) mass is 286 g/mol. The van der Waals surface area contributed by atoms with Crippen molar-refractivity contribution in [1.82, 2.24) is 15.8 Å². The highest BCUT2D eigenvalue weighted by molar-refractivity contribution is 5.79. The normalized spacial score (nSPS) is 14.5. The third kappa shape index (κ3) is 4.34. The minimum absolute atomic E-state index is 0.260. The van der Waals surface area contributed by atoms with Crippen molar-refractivity contribution in [1.29, 1.82) is 0 Å². The van der Waals surface area contributed by atoms with E-state index in [-0.39, 0.29) is 6.04 Å². The second-order valence-corrected chi connectivity index (χ2v) is 5.05. The van der Waals surface area contributed by atoms with Crippen LogP contribution in [0.1, 0.15) is 31.0 Å². The van der Waals surface area contributed by atoms with Crippen molar-refractivity contribution < 1.29 is 4.52 Å². The second-order valence-electron chi connectivity index (χ2n) is 5.05. The topological polar surface area (TPSA) is 62.5 Å². The zero-order valence-corrected chi connectivity index (χ0v) is 12.7. The summed E-state index contributed by atoms with van der Waals surface area (Å²) >= 11 is 0. The minimum Gasteiger partial charge on any atom is -0.364 e. The molecule has 0 aliphatic carbocycles. The van der Waals surface area contributed by atoms with Gasteiger partial charge in [-0.1, -0.05) is 42.4 Å². The average Bonchev–Trinajstić information content (AvgIpc) is 3.04. The van der Waals surface area contributed by atoms with Crippen molar-refractivity contribution in [2.24, 2.45) is 4.99 Å². The third-order valence-corrected chi connectivity index (χ3v) is 3.59. The van der Waals surface area contributed by atoms with Crippen LogP contribution in [0.4, 0.5) is 0 Å². The lowest BCUT2D eigenvalue weighted by molar-refractivity contribution is 0.410. The number of aromatic nitrogens is 1. The summed E-state index contributed by atoms with van der Waals surface area (Å²) in [6.07, 6.45) is 1.56. The van der Waals surface area contributed by atoms with Gasteiger partial charge in [0.25, 0.3) is 0 Å². The van der Waals surface area contributed by atoms with E-state index in [9.17, 15) is 0 Å². The van der Waals surface area contributed by atoms with Gasteiger partial charge < -0.3 is 15.2 Å². The molecule has 2 unspecified atom stereocenters. The van der Waals surface area contributed by atoms with Gasteiger partial charge in [0.2, 0.25) is 0 Å². The number of aliphatic imine (C=N–C) groups is 1. The number of hydrogen-bond acceptors (Lipinski definition) is 3. The van der Waals surface area contributed by atoms with Crippen LogP contribution in [0.15, 0.2) is 52.2 Å². The summed E-state index contributed by atoms with van der Waals surface area (Å²) in [7, 11) is 1.76. The highest BCUT2D eigenvalue weighted by Gasteiger charge is 2.15. The van der Waals surface area contributed by atoms with Crippen LogP contribution < -0.4 is 10.6 Å². The van der Waals surface area contributed by atoms with Crippen molar-refractivity contribution in [2.75, 3.05) is 7.05 Å². The van der Waals surface area contributed by atoms with Crippen molar-refractivity contribution in [3.63, 3.8) is 0 Å². The average molecular weight is 286 g/mol. The Hall–Kier alpha value is -2.30. The van der Waals surface area contributed by atoms with Gasteiger partial charge in [-0.2, -0.15) is 0 Å². The predicted octanol–water partition coefficient (Wildman–Crippen LogP) is 2.53. The Balaban J connectivity index is 1.89. The van der Waals surface area contributed by atoms with Crippen LogP contribution in [0.2, 0.25) is 0 Å². The van der Waals surface area contributed by atoms with E-state index < -0.39 is 0 Å². The highest BCUT2D eigenvalue weighted by atomic mass is 16.5. The lowest BCUT2D eigenvalue weighted by Crippen LogP contribution is -2.43. The molecule has 1 heterocycles. The summed E-state index contributed by atoms with van der Waals surface area (Å²) in [6, 6.07) is 12.6. The van der Waals surface area contributed by atoms with Gasteiger partial charge in [-0.3, -0.25) is 4.99 Å². The fraction of sp³-hybridized carbons (Fsp3) is 0.375. The second kappa shape index (κ2) is 7.47. The highest BCUT2D eigenvalue weighted by Crippen LogP contribution is 2.18. The number of nitrogens with zero attached hydrogens (tertiary/aromatic N) is 2. The van der Waals surface area contributed by atoms with Gasteiger partial charge in [0, 0.05) is 25.1 Å². The SMILES string of the molecule is CN=C(NCc1ccon1)NC(C)C(C)c1ccccc1. The molecule has 0 aliphatic heterocycles. The molecule has 0 amide bonds. The molecular weight excluding hydrogens is 264 g/mol. The molecule has 112 valence electrons. The molecule has 5 nitrogen and oxygen atoms in total. The molecular formula is C16H22N4O. The van der Waals surface area contributed by atoms with Gasteiger partial charge in [-0.15, -0.1) is 0 Å². The zero-order chi connectivity index (χ0) is 15.1. The first-order valence-corrected chi connectivity index (χ1v) is 7.12. The fourth-order valence-corrected chi connectivity index (χ4v) is 2.08. The molecule has 0 spiro atoms. The van der Waals surface area contributed by atoms with Crippen LogP contribution in [-0.4, -0.2) is 24.2 Å². The molecule has 1 aromatic heterocycles. The molecule has 0 fully saturated rings. The van der Waals surface area contributed by atoms with Gasteiger partial charge >= 0.3 is 0 Å². The lowest BCUT2D eigenvalue weighted by Gasteiger charge is -2.23. The maximum atomic E-state index is 4.81. The molecule has 21 heavy (non-hydrogen) atoms. The van der Waals surface area contributed by atoms with Gasteiger partial charge in [-0.25, -0.2) is 0 Å². The van der Waals surface area contributed by atoms with Crippen LogP contribution in [0, 0.1) is 0 Å². The molecule has 0 bridgehead atoms. The smallest absolute Gasteiger partial charge is 0.191 e. The van der Waals surface area contributed by atoms with E-state index in [0.29, 0.717) is 12.5 Å². The molecule has 0 saturated heterocycles. The van der Waals surface area contributed by atoms with E-state index in [0.717, 1.165) is 11.7 Å². The summed E-state index contributed by atoms with van der Waals surface area (Å²) in [6.45, 7) is 4.95. The van der Waals surface area contributed by atoms with Crippen LogP contribution in [0.3, 0.4) is 0 Å². The fourth-order valence-electron chi connectivity index (χ4n) is 2.08. The van der Waals surface area contributed by atoms with E-state index in [1.54, 1.807) is 13.3 Å². The molecule has 0 aliphatic rings. The maximum Gasteiger partial charge on any atom is 0.191 e. The molecule has 0 radical (unpaired) electrons. The number of nitrogens with one attached hydrogen (secondary N) is 2. The Labute approximate surface area is 125 Å². The molecule has 0 saturated carbocycles. The molecule has 2 atom stereocenters. The van der Waals surface area contributed by atoms with Gasteiger partial charge in [0.15, 0.2) is 5.96 Å². The van der Waals surface area contributed by atoms with Crippen LogP contribution >= 0.6 is 0 Å². The Bertz CT molecular complexity index is 551.